The second-order valence-corrected chi connectivity index (χ2v) is 12.2. The highest BCUT2D eigenvalue weighted by Gasteiger charge is 2.18. The van der Waals surface area contributed by atoms with Crippen molar-refractivity contribution in [2.45, 2.75) is 13.3 Å². The number of imidazole rings is 1. The van der Waals surface area contributed by atoms with Crippen LogP contribution in [0.1, 0.15) is 12.7 Å². The molecule has 2 nitrogen and oxygen atoms in total. The second kappa shape index (κ2) is 11.1. The average Bonchev–Trinajstić information content (AvgIpc) is 3.53. The van der Waals surface area contributed by atoms with E-state index in [-0.39, 0.29) is 0 Å². The van der Waals surface area contributed by atoms with E-state index in [0.717, 1.165) is 29.0 Å². The summed E-state index contributed by atoms with van der Waals surface area (Å²) >= 11 is 0. The summed E-state index contributed by atoms with van der Waals surface area (Å²) in [6.07, 6.45) is 0.871. The molecule has 0 atom stereocenters. The van der Waals surface area contributed by atoms with E-state index in [4.69, 9.17) is 4.98 Å². The molecule has 1 heterocycles. The van der Waals surface area contributed by atoms with Gasteiger partial charge in [-0.15, -0.1) is 0 Å². The molecule has 0 bridgehead atoms. The first-order valence-corrected chi connectivity index (χ1v) is 16.4. The predicted molar refractivity (Wildman–Crippen MR) is 199 cm³/mol. The van der Waals surface area contributed by atoms with E-state index in [2.05, 4.69) is 175 Å². The van der Waals surface area contributed by atoms with Crippen molar-refractivity contribution in [3.05, 3.63) is 170 Å². The van der Waals surface area contributed by atoms with Gasteiger partial charge in [-0.2, -0.15) is 0 Å². The molecule has 0 radical (unpaired) electrons. The molecule has 0 saturated heterocycles. The number of aromatic nitrogens is 2. The van der Waals surface area contributed by atoms with Crippen molar-refractivity contribution in [2.24, 2.45) is 0 Å². The van der Waals surface area contributed by atoms with Gasteiger partial charge in [-0.1, -0.05) is 134 Å². The molecule has 0 fully saturated rings. The highest BCUT2D eigenvalue weighted by molar-refractivity contribution is 6.22. The van der Waals surface area contributed by atoms with Gasteiger partial charge in [-0.3, -0.25) is 4.57 Å². The molecule has 0 saturated carbocycles. The number of fused-ring (bicyclic) bond motifs is 4. The fourth-order valence-corrected chi connectivity index (χ4v) is 7.34. The summed E-state index contributed by atoms with van der Waals surface area (Å²) in [6, 6.07) is 59.6. The third-order valence-corrected chi connectivity index (χ3v) is 9.51. The van der Waals surface area contributed by atoms with Crippen LogP contribution >= 0.6 is 0 Å². The fraction of sp³-hybridized carbons (Fsp3) is 0.0444. The predicted octanol–water partition coefficient (Wildman–Crippen LogP) is 12.0. The Morgan fingerprint density at radius 2 is 1.04 bits per heavy atom. The first kappa shape index (κ1) is 27.3. The Hall–Kier alpha value is -5.99. The Morgan fingerprint density at radius 3 is 1.81 bits per heavy atom. The van der Waals surface area contributed by atoms with E-state index < -0.39 is 0 Å². The zero-order valence-corrected chi connectivity index (χ0v) is 26.2. The molecule has 2 heteroatoms. The normalized spacial score (nSPS) is 11.6. The lowest BCUT2D eigenvalue weighted by atomic mass is 9.84. The van der Waals surface area contributed by atoms with Crippen LogP contribution in [-0.4, -0.2) is 9.55 Å². The lowest BCUT2D eigenvalue weighted by Gasteiger charge is -2.19. The van der Waals surface area contributed by atoms with Crippen molar-refractivity contribution in [1.29, 1.82) is 0 Å². The van der Waals surface area contributed by atoms with Crippen LogP contribution in [0.25, 0.3) is 82.4 Å². The zero-order valence-electron chi connectivity index (χ0n) is 26.2. The maximum absolute atomic E-state index is 4.92. The SMILES string of the molecule is CCc1nc2ccccc2n1-c1ccc2cc(-c3c4ccccc4c(-c4ccccc4)c4ccc(-c5ccccc5)cc34)ccc2c1. The van der Waals surface area contributed by atoms with Gasteiger partial charge in [0, 0.05) is 12.1 Å². The molecule has 0 aliphatic carbocycles. The van der Waals surface area contributed by atoms with Crippen molar-refractivity contribution < 1.29 is 0 Å². The monoisotopic (exact) mass is 600 g/mol. The number of nitrogens with zero attached hydrogens (tertiary/aromatic N) is 2. The topological polar surface area (TPSA) is 17.8 Å². The molecule has 0 aliphatic heterocycles. The van der Waals surface area contributed by atoms with Gasteiger partial charge in [0.2, 0.25) is 0 Å². The molecule has 0 spiro atoms. The van der Waals surface area contributed by atoms with Crippen LogP contribution in [-0.2, 0) is 6.42 Å². The van der Waals surface area contributed by atoms with E-state index in [9.17, 15) is 0 Å². The van der Waals surface area contributed by atoms with Crippen LogP contribution in [0.4, 0.5) is 0 Å². The molecule has 222 valence electrons. The summed E-state index contributed by atoms with van der Waals surface area (Å²) in [5.41, 5.74) is 10.8. The highest BCUT2D eigenvalue weighted by Crippen LogP contribution is 2.45. The average molecular weight is 601 g/mol. The standard InChI is InChI=1S/C45H32N2/c1-2-43-46-41-19-11-12-20-42(41)47(43)36-25-23-32-27-35(22-21-33(32)28-36)45-38-18-10-9-17-37(38)44(31-15-7-4-8-16-31)39-26-24-34(29-40(39)45)30-13-5-3-6-14-30/h3-29H,2H2,1H3. The van der Waals surface area contributed by atoms with Crippen LogP contribution in [0.5, 0.6) is 0 Å². The van der Waals surface area contributed by atoms with Crippen LogP contribution in [0.2, 0.25) is 0 Å². The number of para-hydroxylation sites is 2. The maximum atomic E-state index is 4.92. The summed E-state index contributed by atoms with van der Waals surface area (Å²) in [5, 5.41) is 7.49. The Morgan fingerprint density at radius 1 is 0.447 bits per heavy atom. The molecular formula is C45H32N2. The zero-order chi connectivity index (χ0) is 31.3. The van der Waals surface area contributed by atoms with Gasteiger partial charge >= 0.3 is 0 Å². The summed E-state index contributed by atoms with van der Waals surface area (Å²) < 4.78 is 2.30. The van der Waals surface area contributed by atoms with Crippen molar-refractivity contribution in [3.63, 3.8) is 0 Å². The fourth-order valence-electron chi connectivity index (χ4n) is 7.34. The molecule has 9 rings (SSSR count). The van der Waals surface area contributed by atoms with Crippen LogP contribution in [0.15, 0.2) is 164 Å². The van der Waals surface area contributed by atoms with E-state index in [0.29, 0.717) is 0 Å². The van der Waals surface area contributed by atoms with Gasteiger partial charge in [0.25, 0.3) is 0 Å². The van der Waals surface area contributed by atoms with Crippen molar-refractivity contribution in [2.75, 3.05) is 0 Å². The lowest BCUT2D eigenvalue weighted by Crippen LogP contribution is -2.00. The number of rotatable bonds is 5. The Balaban J connectivity index is 1.29. The number of benzene rings is 8. The van der Waals surface area contributed by atoms with Gasteiger partial charge < -0.3 is 0 Å². The molecular weight excluding hydrogens is 569 g/mol. The largest absolute Gasteiger partial charge is 0.296 e. The lowest BCUT2D eigenvalue weighted by molar-refractivity contribution is 0.909. The van der Waals surface area contributed by atoms with E-state index in [1.54, 1.807) is 0 Å². The molecule has 0 aliphatic rings. The minimum atomic E-state index is 0.871. The maximum Gasteiger partial charge on any atom is 0.114 e. The van der Waals surface area contributed by atoms with Crippen LogP contribution in [0, 0.1) is 0 Å². The van der Waals surface area contributed by atoms with Crippen molar-refractivity contribution in [3.8, 4) is 39.1 Å². The second-order valence-electron chi connectivity index (χ2n) is 12.2. The summed E-state index contributed by atoms with van der Waals surface area (Å²) in [6.45, 7) is 2.17. The van der Waals surface area contributed by atoms with Gasteiger partial charge in [0.1, 0.15) is 5.82 Å². The quantitative estimate of drug-likeness (QED) is 0.180. The Kier molecular flexibility index (Phi) is 6.46. The van der Waals surface area contributed by atoms with Gasteiger partial charge in [-0.25, -0.2) is 4.98 Å². The minimum Gasteiger partial charge on any atom is -0.296 e. The first-order valence-electron chi connectivity index (χ1n) is 16.4. The summed E-state index contributed by atoms with van der Waals surface area (Å²) in [5.74, 6) is 1.08. The third-order valence-electron chi connectivity index (χ3n) is 9.51. The van der Waals surface area contributed by atoms with Gasteiger partial charge in [0.05, 0.1) is 11.0 Å². The van der Waals surface area contributed by atoms with E-state index >= 15 is 0 Å². The van der Waals surface area contributed by atoms with E-state index in [1.807, 2.05) is 0 Å². The smallest absolute Gasteiger partial charge is 0.114 e. The van der Waals surface area contributed by atoms with Crippen molar-refractivity contribution in [1.82, 2.24) is 9.55 Å². The minimum absolute atomic E-state index is 0.871. The van der Waals surface area contributed by atoms with Crippen molar-refractivity contribution >= 4 is 43.4 Å². The molecule has 9 aromatic rings. The molecule has 0 N–H and O–H groups in total. The molecule has 47 heavy (non-hydrogen) atoms. The Labute approximate surface area is 274 Å². The van der Waals surface area contributed by atoms with Gasteiger partial charge in [0.15, 0.2) is 0 Å². The molecule has 8 aromatic carbocycles. The summed E-state index contributed by atoms with van der Waals surface area (Å²) in [7, 11) is 0. The molecule has 1 aromatic heterocycles. The third kappa shape index (κ3) is 4.53. The number of hydrogen-bond acceptors (Lipinski definition) is 1. The van der Waals surface area contributed by atoms with Crippen LogP contribution < -0.4 is 0 Å². The van der Waals surface area contributed by atoms with Gasteiger partial charge in [-0.05, 0) is 102 Å². The highest BCUT2D eigenvalue weighted by atomic mass is 15.1. The summed E-state index contributed by atoms with van der Waals surface area (Å²) in [4.78, 5) is 4.92. The number of hydrogen-bond donors (Lipinski definition) is 0. The van der Waals surface area contributed by atoms with E-state index in [1.165, 1.54) is 65.7 Å². The Bertz CT molecular complexity index is 2600. The van der Waals surface area contributed by atoms with Crippen LogP contribution in [0.3, 0.4) is 0 Å². The first-order chi connectivity index (χ1) is 23.3. The number of aryl methyl sites for hydroxylation is 1. The molecule has 0 amide bonds. The molecule has 0 unspecified atom stereocenters.